The average molecular weight is 343 g/mol. The summed E-state index contributed by atoms with van der Waals surface area (Å²) in [6.07, 6.45) is 0.792. The normalized spacial score (nSPS) is 19.9. The fourth-order valence-electron chi connectivity index (χ4n) is 2.17. The molecule has 1 saturated heterocycles. The van der Waals surface area contributed by atoms with Gasteiger partial charge in [-0.3, -0.25) is 0 Å². The molecule has 1 unspecified atom stereocenters. The molecule has 2 rings (SSSR count). The van der Waals surface area contributed by atoms with Crippen LogP contribution in [0.2, 0.25) is 5.02 Å². The van der Waals surface area contributed by atoms with Crippen LogP contribution >= 0.6 is 24.0 Å². The van der Waals surface area contributed by atoms with Crippen molar-refractivity contribution < 1.29 is 12.8 Å². The standard InChI is InChI=1S/C12H16ClFN2O2S.ClH/c13-11-5-9(1-2-12(11)14)8-19(17,18)16-4-3-10(6-15)7-16;/h1-2,5,10H,3-4,6-8,15H2;1H. The van der Waals surface area contributed by atoms with Crippen molar-refractivity contribution in [1.29, 1.82) is 0 Å². The zero-order chi connectivity index (χ0) is 14.0. The Morgan fingerprint density at radius 1 is 1.45 bits per heavy atom. The van der Waals surface area contributed by atoms with Crippen LogP contribution in [-0.4, -0.2) is 32.4 Å². The molecule has 0 bridgehead atoms. The van der Waals surface area contributed by atoms with Gasteiger partial charge in [0.1, 0.15) is 5.82 Å². The van der Waals surface area contributed by atoms with Gasteiger partial charge in [0, 0.05) is 13.1 Å². The second-order valence-corrected chi connectivity index (χ2v) is 7.13. The van der Waals surface area contributed by atoms with E-state index in [-0.39, 0.29) is 29.1 Å². The number of halogens is 3. The second kappa shape index (κ2) is 7.04. The van der Waals surface area contributed by atoms with Crippen LogP contribution in [0.25, 0.3) is 0 Å². The van der Waals surface area contributed by atoms with E-state index >= 15 is 0 Å². The van der Waals surface area contributed by atoms with E-state index in [0.29, 0.717) is 25.2 Å². The van der Waals surface area contributed by atoms with E-state index < -0.39 is 15.8 Å². The Labute approximate surface area is 129 Å². The highest BCUT2D eigenvalue weighted by atomic mass is 35.5. The Morgan fingerprint density at radius 3 is 2.70 bits per heavy atom. The van der Waals surface area contributed by atoms with E-state index in [1.54, 1.807) is 0 Å². The minimum Gasteiger partial charge on any atom is -0.330 e. The molecule has 114 valence electrons. The highest BCUT2D eigenvalue weighted by Gasteiger charge is 2.30. The fourth-order valence-corrected chi connectivity index (χ4v) is 3.98. The molecule has 0 spiro atoms. The summed E-state index contributed by atoms with van der Waals surface area (Å²) < 4.78 is 38.9. The minimum atomic E-state index is -3.39. The molecule has 1 aliphatic heterocycles. The molecule has 1 atom stereocenters. The molecule has 20 heavy (non-hydrogen) atoms. The third-order valence-corrected chi connectivity index (χ3v) is 5.41. The van der Waals surface area contributed by atoms with Gasteiger partial charge in [0.2, 0.25) is 10.0 Å². The first kappa shape index (κ1) is 17.7. The molecule has 2 N–H and O–H groups in total. The summed E-state index contributed by atoms with van der Waals surface area (Å²) in [5.74, 6) is -0.483. The lowest BCUT2D eigenvalue weighted by Crippen LogP contribution is -2.31. The first-order chi connectivity index (χ1) is 8.92. The third kappa shape index (κ3) is 4.05. The lowest BCUT2D eigenvalue weighted by molar-refractivity contribution is 0.458. The molecule has 0 saturated carbocycles. The lowest BCUT2D eigenvalue weighted by Gasteiger charge is -2.16. The van der Waals surface area contributed by atoms with Crippen LogP contribution < -0.4 is 5.73 Å². The number of sulfonamides is 1. The van der Waals surface area contributed by atoms with Crippen molar-refractivity contribution in [1.82, 2.24) is 4.31 Å². The van der Waals surface area contributed by atoms with Crippen molar-refractivity contribution in [3.8, 4) is 0 Å². The highest BCUT2D eigenvalue weighted by Crippen LogP contribution is 2.23. The maximum Gasteiger partial charge on any atom is 0.218 e. The number of nitrogens with two attached hydrogens (primary N) is 1. The van der Waals surface area contributed by atoms with Gasteiger partial charge < -0.3 is 5.73 Å². The van der Waals surface area contributed by atoms with Crippen LogP contribution in [0.5, 0.6) is 0 Å². The first-order valence-electron chi connectivity index (χ1n) is 6.04. The van der Waals surface area contributed by atoms with Crippen LogP contribution in [0.15, 0.2) is 18.2 Å². The van der Waals surface area contributed by atoms with Gasteiger partial charge in [-0.15, -0.1) is 12.4 Å². The van der Waals surface area contributed by atoms with E-state index in [1.165, 1.54) is 22.5 Å². The SMILES string of the molecule is Cl.NCC1CCN(S(=O)(=O)Cc2ccc(F)c(Cl)c2)C1. The monoisotopic (exact) mass is 342 g/mol. The molecule has 8 heteroatoms. The van der Waals surface area contributed by atoms with Crippen LogP contribution in [0.1, 0.15) is 12.0 Å². The molecule has 1 aromatic carbocycles. The quantitative estimate of drug-likeness (QED) is 0.910. The molecule has 1 aliphatic rings. The molecule has 4 nitrogen and oxygen atoms in total. The van der Waals surface area contributed by atoms with Crippen molar-refractivity contribution in [3.05, 3.63) is 34.6 Å². The summed E-state index contributed by atoms with van der Waals surface area (Å²) in [6, 6.07) is 3.97. The van der Waals surface area contributed by atoms with Crippen molar-refractivity contribution >= 4 is 34.0 Å². The fraction of sp³-hybridized carbons (Fsp3) is 0.500. The number of hydrogen-bond acceptors (Lipinski definition) is 3. The van der Waals surface area contributed by atoms with Crippen LogP contribution in [0.3, 0.4) is 0 Å². The predicted molar refractivity (Wildman–Crippen MR) is 80.0 cm³/mol. The van der Waals surface area contributed by atoms with E-state index in [9.17, 15) is 12.8 Å². The van der Waals surface area contributed by atoms with E-state index in [1.807, 2.05) is 0 Å². The van der Waals surface area contributed by atoms with Gasteiger partial charge in [0.05, 0.1) is 10.8 Å². The zero-order valence-electron chi connectivity index (χ0n) is 10.8. The number of rotatable bonds is 4. The Hall–Kier alpha value is -0.400. The maximum atomic E-state index is 13.0. The summed E-state index contributed by atoms with van der Waals surface area (Å²) in [5.41, 5.74) is 6.04. The predicted octanol–water partition coefficient (Wildman–Crippen LogP) is 2.01. The smallest absolute Gasteiger partial charge is 0.218 e. The molecule has 0 amide bonds. The molecular formula is C12H17Cl2FN2O2S. The van der Waals surface area contributed by atoms with Crippen molar-refractivity contribution in [2.24, 2.45) is 11.7 Å². The van der Waals surface area contributed by atoms with Gasteiger partial charge in [0.25, 0.3) is 0 Å². The Kier molecular flexibility index (Phi) is 6.22. The van der Waals surface area contributed by atoms with Crippen LogP contribution in [0, 0.1) is 11.7 Å². The highest BCUT2D eigenvalue weighted by molar-refractivity contribution is 7.88. The second-order valence-electron chi connectivity index (χ2n) is 4.75. The van der Waals surface area contributed by atoms with Crippen molar-refractivity contribution in [3.63, 3.8) is 0 Å². The van der Waals surface area contributed by atoms with E-state index in [4.69, 9.17) is 17.3 Å². The summed E-state index contributed by atoms with van der Waals surface area (Å²) in [6.45, 7) is 1.46. The van der Waals surface area contributed by atoms with E-state index in [0.717, 1.165) is 6.42 Å². The lowest BCUT2D eigenvalue weighted by atomic mass is 10.1. The van der Waals surface area contributed by atoms with Crippen LogP contribution in [0.4, 0.5) is 4.39 Å². The van der Waals surface area contributed by atoms with Gasteiger partial charge in [-0.25, -0.2) is 17.1 Å². The zero-order valence-corrected chi connectivity index (χ0v) is 13.1. The molecule has 1 aromatic rings. The van der Waals surface area contributed by atoms with Gasteiger partial charge in [-0.2, -0.15) is 0 Å². The molecule has 0 aromatic heterocycles. The van der Waals surface area contributed by atoms with Crippen molar-refractivity contribution in [2.45, 2.75) is 12.2 Å². The van der Waals surface area contributed by atoms with Crippen molar-refractivity contribution in [2.75, 3.05) is 19.6 Å². The van der Waals surface area contributed by atoms with Gasteiger partial charge in [-0.05, 0) is 36.6 Å². The third-order valence-electron chi connectivity index (χ3n) is 3.31. The average Bonchev–Trinajstić information content (AvgIpc) is 2.83. The number of benzene rings is 1. The summed E-state index contributed by atoms with van der Waals surface area (Å²) >= 11 is 5.65. The van der Waals surface area contributed by atoms with Gasteiger partial charge in [0.15, 0.2) is 0 Å². The Bertz CT molecular complexity index is 569. The first-order valence-corrected chi connectivity index (χ1v) is 8.03. The van der Waals surface area contributed by atoms with Gasteiger partial charge >= 0.3 is 0 Å². The topological polar surface area (TPSA) is 63.4 Å². The number of nitrogens with zero attached hydrogens (tertiary/aromatic N) is 1. The minimum absolute atomic E-state index is 0. The molecule has 1 heterocycles. The van der Waals surface area contributed by atoms with Gasteiger partial charge in [-0.1, -0.05) is 17.7 Å². The molecule has 1 fully saturated rings. The summed E-state index contributed by atoms with van der Waals surface area (Å²) in [5, 5.41) is -0.0612. The summed E-state index contributed by atoms with van der Waals surface area (Å²) in [7, 11) is -3.39. The largest absolute Gasteiger partial charge is 0.330 e. The maximum absolute atomic E-state index is 13.0. The molecular weight excluding hydrogens is 326 g/mol. The molecule has 0 radical (unpaired) electrons. The number of hydrogen-bond donors (Lipinski definition) is 1. The van der Waals surface area contributed by atoms with E-state index in [2.05, 4.69) is 0 Å². The van der Waals surface area contributed by atoms with Crippen LogP contribution in [-0.2, 0) is 15.8 Å². The molecule has 0 aliphatic carbocycles. The Balaban J connectivity index is 0.00000200. The summed E-state index contributed by atoms with van der Waals surface area (Å²) in [4.78, 5) is 0. The Morgan fingerprint density at radius 2 is 2.15 bits per heavy atom.